The predicted octanol–water partition coefficient (Wildman–Crippen LogP) is 3.04. The van der Waals surface area contributed by atoms with Gasteiger partial charge in [-0.2, -0.15) is 5.10 Å². The Labute approximate surface area is 182 Å². The highest BCUT2D eigenvalue weighted by Crippen LogP contribution is 2.45. The predicted molar refractivity (Wildman–Crippen MR) is 111 cm³/mol. The molecule has 166 valence electrons. The molecule has 0 N–H and O–H groups in total. The second-order valence-corrected chi connectivity index (χ2v) is 6.26. The van der Waals surface area contributed by atoms with Gasteiger partial charge < -0.3 is 18.9 Å². The van der Waals surface area contributed by atoms with Crippen molar-refractivity contribution in [2.75, 3.05) is 28.4 Å². The van der Waals surface area contributed by atoms with Crippen molar-refractivity contribution in [2.45, 2.75) is 0 Å². The molecule has 11 nitrogen and oxygen atoms in total. The van der Waals surface area contributed by atoms with Crippen LogP contribution in [0.5, 0.6) is 11.5 Å². The number of nitro groups is 1. The molecule has 1 heterocycles. The van der Waals surface area contributed by atoms with E-state index in [1.165, 1.54) is 26.4 Å². The Morgan fingerprint density at radius 2 is 1.59 bits per heavy atom. The van der Waals surface area contributed by atoms with Crippen molar-refractivity contribution in [1.29, 1.82) is 0 Å². The molecule has 0 atom stereocenters. The summed E-state index contributed by atoms with van der Waals surface area (Å²) in [6, 6.07) is 11.0. The number of carbonyl (C=O) groups is 2. The Bertz CT molecular complexity index is 1190. The van der Waals surface area contributed by atoms with E-state index in [0.29, 0.717) is 5.69 Å². The summed E-state index contributed by atoms with van der Waals surface area (Å²) in [7, 11) is 4.90. The van der Waals surface area contributed by atoms with Crippen LogP contribution in [0.1, 0.15) is 20.8 Å². The molecule has 0 radical (unpaired) electrons. The summed E-state index contributed by atoms with van der Waals surface area (Å²) in [5, 5.41) is 16.2. The molecule has 0 aliphatic rings. The van der Waals surface area contributed by atoms with Crippen molar-refractivity contribution >= 4 is 17.6 Å². The lowest BCUT2D eigenvalue weighted by atomic mass is 10.0. The van der Waals surface area contributed by atoms with E-state index in [0.717, 1.165) is 18.9 Å². The monoisotopic (exact) mass is 441 g/mol. The fourth-order valence-electron chi connectivity index (χ4n) is 3.23. The Hall–Kier alpha value is -4.41. The average Bonchev–Trinajstić information content (AvgIpc) is 3.22. The molecule has 3 rings (SSSR count). The van der Waals surface area contributed by atoms with Crippen LogP contribution in [-0.2, 0) is 9.47 Å². The number of hydrogen-bond acceptors (Lipinski definition) is 9. The summed E-state index contributed by atoms with van der Waals surface area (Å²) in [6.45, 7) is 0. The van der Waals surface area contributed by atoms with E-state index in [1.807, 2.05) is 0 Å². The number of para-hydroxylation sites is 1. The summed E-state index contributed by atoms with van der Waals surface area (Å²) < 4.78 is 21.5. The van der Waals surface area contributed by atoms with E-state index in [4.69, 9.17) is 18.9 Å². The molecule has 1 aromatic heterocycles. The molecular formula is C21H19N3O8. The fraction of sp³-hybridized carbons (Fsp3) is 0.190. The van der Waals surface area contributed by atoms with Gasteiger partial charge >= 0.3 is 11.9 Å². The van der Waals surface area contributed by atoms with Gasteiger partial charge in [-0.25, -0.2) is 14.3 Å². The number of ether oxygens (including phenoxy) is 4. The molecule has 0 spiro atoms. The molecule has 32 heavy (non-hydrogen) atoms. The normalized spacial score (nSPS) is 10.4. The van der Waals surface area contributed by atoms with Gasteiger partial charge in [0.05, 0.1) is 39.0 Å². The molecular weight excluding hydrogens is 422 g/mol. The maximum Gasteiger partial charge on any atom is 0.357 e. The topological polar surface area (TPSA) is 132 Å². The van der Waals surface area contributed by atoms with Crippen LogP contribution in [0.2, 0.25) is 0 Å². The Morgan fingerprint density at radius 3 is 2.12 bits per heavy atom. The van der Waals surface area contributed by atoms with Crippen LogP contribution in [0.15, 0.2) is 42.5 Å². The minimum atomic E-state index is -0.943. The van der Waals surface area contributed by atoms with Crippen molar-refractivity contribution in [3.05, 3.63) is 63.8 Å². The second-order valence-electron chi connectivity index (χ2n) is 6.26. The number of aromatic nitrogens is 2. The van der Waals surface area contributed by atoms with Crippen LogP contribution in [0, 0.1) is 10.1 Å². The molecule has 0 bridgehead atoms. The van der Waals surface area contributed by atoms with Gasteiger partial charge in [0.1, 0.15) is 16.8 Å². The van der Waals surface area contributed by atoms with E-state index in [2.05, 4.69) is 5.10 Å². The van der Waals surface area contributed by atoms with Crippen molar-refractivity contribution in [2.24, 2.45) is 0 Å². The van der Waals surface area contributed by atoms with Crippen molar-refractivity contribution < 1.29 is 33.5 Å². The summed E-state index contributed by atoms with van der Waals surface area (Å²) >= 11 is 0. The third-order valence-electron chi connectivity index (χ3n) is 4.61. The highest BCUT2D eigenvalue weighted by Gasteiger charge is 2.36. The minimum absolute atomic E-state index is 0.0408. The van der Waals surface area contributed by atoms with Gasteiger partial charge in [0.25, 0.3) is 5.69 Å². The summed E-state index contributed by atoms with van der Waals surface area (Å²) in [5.41, 5.74) is -0.950. The first-order chi connectivity index (χ1) is 15.4. The maximum absolute atomic E-state index is 12.8. The van der Waals surface area contributed by atoms with Crippen LogP contribution in [0.3, 0.4) is 0 Å². The molecule has 0 saturated carbocycles. The van der Waals surface area contributed by atoms with Crippen LogP contribution in [-0.4, -0.2) is 55.1 Å². The van der Waals surface area contributed by atoms with Crippen LogP contribution in [0.4, 0.5) is 5.69 Å². The molecule has 2 aromatic carbocycles. The fourth-order valence-corrected chi connectivity index (χ4v) is 3.23. The number of hydrogen-bond donors (Lipinski definition) is 0. The first kappa shape index (κ1) is 22.3. The van der Waals surface area contributed by atoms with E-state index < -0.39 is 22.5 Å². The highest BCUT2D eigenvalue weighted by molar-refractivity contribution is 6.08. The smallest absolute Gasteiger partial charge is 0.357 e. The first-order valence-electron chi connectivity index (χ1n) is 9.14. The summed E-state index contributed by atoms with van der Waals surface area (Å²) in [5.74, 6) is -1.71. The number of nitrogens with zero attached hydrogens (tertiary/aromatic N) is 3. The molecule has 0 fully saturated rings. The van der Waals surface area contributed by atoms with Gasteiger partial charge in [-0.15, -0.1) is 0 Å². The first-order valence-corrected chi connectivity index (χ1v) is 9.14. The minimum Gasteiger partial charge on any atom is -0.493 e. The number of nitro benzene ring substituents is 1. The SMILES string of the molecule is COC(=O)c1c(-c2c([N+](=O)[O-])ccc(OC)c2OC)nn(-c2ccccc2)c1C(=O)OC. The van der Waals surface area contributed by atoms with Crippen LogP contribution >= 0.6 is 0 Å². The average molecular weight is 441 g/mol. The molecule has 11 heteroatoms. The van der Waals surface area contributed by atoms with Crippen LogP contribution in [0.25, 0.3) is 16.9 Å². The zero-order chi connectivity index (χ0) is 23.4. The summed E-state index contributed by atoms with van der Waals surface area (Å²) in [4.78, 5) is 36.7. The highest BCUT2D eigenvalue weighted by atomic mass is 16.6. The van der Waals surface area contributed by atoms with Crippen molar-refractivity contribution in [3.8, 4) is 28.4 Å². The Morgan fingerprint density at radius 1 is 0.938 bits per heavy atom. The molecule has 0 aliphatic heterocycles. The lowest BCUT2D eigenvalue weighted by molar-refractivity contribution is -0.384. The van der Waals surface area contributed by atoms with E-state index in [-0.39, 0.29) is 34.0 Å². The lowest BCUT2D eigenvalue weighted by Gasteiger charge is -2.12. The zero-order valence-electron chi connectivity index (χ0n) is 17.6. The molecule has 0 saturated heterocycles. The lowest BCUT2D eigenvalue weighted by Crippen LogP contribution is -2.15. The standard InChI is InChI=1S/C21H19N3O8/c1-29-14-11-10-13(24(27)28)15(19(14)30-2)17-16(20(25)31-3)18(21(26)32-4)23(22-17)12-8-6-5-7-9-12/h5-11H,1-4H3. The number of carbonyl (C=O) groups excluding carboxylic acids is 2. The van der Waals surface area contributed by atoms with Gasteiger partial charge in [0.2, 0.25) is 0 Å². The van der Waals surface area contributed by atoms with Gasteiger partial charge in [0.15, 0.2) is 17.2 Å². The second kappa shape index (κ2) is 9.16. The number of rotatable bonds is 7. The molecule has 0 amide bonds. The van der Waals surface area contributed by atoms with E-state index in [1.54, 1.807) is 30.3 Å². The van der Waals surface area contributed by atoms with Gasteiger partial charge in [0, 0.05) is 6.07 Å². The Kier molecular flexibility index (Phi) is 6.38. The Balaban J connectivity index is 2.53. The van der Waals surface area contributed by atoms with Crippen molar-refractivity contribution in [1.82, 2.24) is 9.78 Å². The number of methoxy groups -OCH3 is 4. The number of benzene rings is 2. The molecule has 0 aliphatic carbocycles. The van der Waals surface area contributed by atoms with Gasteiger partial charge in [-0.3, -0.25) is 10.1 Å². The molecule has 3 aromatic rings. The van der Waals surface area contributed by atoms with E-state index >= 15 is 0 Å². The quantitative estimate of drug-likeness (QED) is 0.308. The van der Waals surface area contributed by atoms with Gasteiger partial charge in [-0.1, -0.05) is 18.2 Å². The maximum atomic E-state index is 12.8. The third-order valence-corrected chi connectivity index (χ3v) is 4.61. The van der Waals surface area contributed by atoms with Crippen LogP contribution < -0.4 is 9.47 Å². The van der Waals surface area contributed by atoms with Crippen molar-refractivity contribution in [3.63, 3.8) is 0 Å². The van der Waals surface area contributed by atoms with E-state index in [9.17, 15) is 19.7 Å². The number of esters is 2. The third kappa shape index (κ3) is 3.71. The summed E-state index contributed by atoms with van der Waals surface area (Å²) in [6.07, 6.45) is 0. The molecule has 0 unspecified atom stereocenters. The zero-order valence-corrected chi connectivity index (χ0v) is 17.6. The van der Waals surface area contributed by atoms with Gasteiger partial charge in [-0.05, 0) is 18.2 Å². The largest absolute Gasteiger partial charge is 0.493 e.